The predicted molar refractivity (Wildman–Crippen MR) is 98.9 cm³/mol. The lowest BCUT2D eigenvalue weighted by molar-refractivity contribution is 0.220. The van der Waals surface area contributed by atoms with E-state index in [-0.39, 0.29) is 0 Å². The second kappa shape index (κ2) is 11.1. The second-order valence-electron chi connectivity index (χ2n) is 6.62. The smallest absolute Gasteiger partial charge is 0.180 e. The van der Waals surface area contributed by atoms with Crippen LogP contribution < -0.4 is 4.74 Å². The lowest BCUT2D eigenvalue weighted by atomic mass is 10.1. The Hall–Kier alpha value is -1.55. The van der Waals surface area contributed by atoms with Crippen molar-refractivity contribution in [1.29, 1.82) is 5.41 Å². The van der Waals surface area contributed by atoms with Crippen molar-refractivity contribution in [2.45, 2.75) is 57.9 Å². The molecule has 0 aliphatic carbocycles. The minimum Gasteiger partial charge on any atom is -0.494 e. The van der Waals surface area contributed by atoms with Crippen molar-refractivity contribution < 1.29 is 9.47 Å². The number of hydrogen-bond donors (Lipinski definition) is 1. The molecule has 1 aliphatic heterocycles. The Morgan fingerprint density at radius 3 is 2.67 bits per heavy atom. The molecule has 1 aromatic rings. The fourth-order valence-electron chi connectivity index (χ4n) is 3.14. The van der Waals surface area contributed by atoms with Gasteiger partial charge >= 0.3 is 0 Å². The van der Waals surface area contributed by atoms with Gasteiger partial charge in [0.25, 0.3) is 0 Å². The molecular formula is C20H32N2O2. The molecule has 2 rings (SSSR count). The van der Waals surface area contributed by atoms with E-state index in [1.54, 1.807) is 7.11 Å². The van der Waals surface area contributed by atoms with Gasteiger partial charge in [0, 0.05) is 13.0 Å². The number of piperidine rings is 1. The number of unbranched alkanes of at least 4 members (excludes halogenated alkanes) is 3. The van der Waals surface area contributed by atoms with Crippen LogP contribution in [0.3, 0.4) is 0 Å². The highest BCUT2D eigenvalue weighted by Crippen LogP contribution is 2.18. The van der Waals surface area contributed by atoms with Crippen molar-refractivity contribution in [1.82, 2.24) is 4.90 Å². The summed E-state index contributed by atoms with van der Waals surface area (Å²) >= 11 is 0. The van der Waals surface area contributed by atoms with E-state index in [0.717, 1.165) is 51.0 Å². The molecular weight excluding hydrogens is 300 g/mol. The van der Waals surface area contributed by atoms with E-state index >= 15 is 0 Å². The van der Waals surface area contributed by atoms with Gasteiger partial charge in [-0.25, -0.2) is 0 Å². The molecule has 4 nitrogen and oxygen atoms in total. The van der Waals surface area contributed by atoms with Crippen molar-refractivity contribution in [3.8, 4) is 5.75 Å². The van der Waals surface area contributed by atoms with Gasteiger partial charge in [-0.2, -0.15) is 0 Å². The summed E-state index contributed by atoms with van der Waals surface area (Å²) in [5.74, 6) is 1.38. The molecule has 1 saturated heterocycles. The van der Waals surface area contributed by atoms with E-state index in [9.17, 15) is 0 Å². The summed E-state index contributed by atoms with van der Waals surface area (Å²) in [6.07, 6.45) is 9.16. The largest absolute Gasteiger partial charge is 0.494 e. The van der Waals surface area contributed by atoms with E-state index in [1.807, 2.05) is 0 Å². The Morgan fingerprint density at radius 1 is 1.08 bits per heavy atom. The van der Waals surface area contributed by atoms with Crippen molar-refractivity contribution in [3.05, 3.63) is 29.8 Å². The summed E-state index contributed by atoms with van der Waals surface area (Å²) in [4.78, 5) is 2.54. The summed E-state index contributed by atoms with van der Waals surface area (Å²) in [5, 5.41) is 7.43. The molecule has 0 amide bonds. The minimum atomic E-state index is 0.386. The Labute approximate surface area is 146 Å². The van der Waals surface area contributed by atoms with Gasteiger partial charge in [0.05, 0.1) is 13.7 Å². The van der Waals surface area contributed by atoms with Crippen molar-refractivity contribution in [3.63, 3.8) is 0 Å². The van der Waals surface area contributed by atoms with Gasteiger partial charge in [0.2, 0.25) is 0 Å². The molecule has 0 saturated carbocycles. The van der Waals surface area contributed by atoms with Gasteiger partial charge < -0.3 is 9.47 Å². The maximum absolute atomic E-state index is 7.43. The fraction of sp³-hybridized carbons (Fsp3) is 0.650. The molecule has 134 valence electrons. The Morgan fingerprint density at radius 2 is 1.88 bits per heavy atom. The predicted octanol–water partition coefficient (Wildman–Crippen LogP) is 4.63. The summed E-state index contributed by atoms with van der Waals surface area (Å²) in [7, 11) is 1.57. The molecule has 1 heterocycles. The second-order valence-corrected chi connectivity index (χ2v) is 6.62. The van der Waals surface area contributed by atoms with Crippen LogP contribution in [0.15, 0.2) is 24.3 Å². The van der Waals surface area contributed by atoms with Gasteiger partial charge in [0.15, 0.2) is 5.90 Å². The van der Waals surface area contributed by atoms with Gasteiger partial charge in [-0.3, -0.25) is 10.3 Å². The SMILES string of the molecule is COC(=N)CCCCCCOc1cccc(CN2CCCCC2)c1. The Bertz CT molecular complexity index is 484. The van der Waals surface area contributed by atoms with Crippen LogP contribution in [0.1, 0.15) is 56.9 Å². The first kappa shape index (κ1) is 18.8. The first-order chi connectivity index (χ1) is 11.8. The van der Waals surface area contributed by atoms with Crippen molar-refractivity contribution in [2.75, 3.05) is 26.8 Å². The van der Waals surface area contributed by atoms with Gasteiger partial charge in [-0.15, -0.1) is 0 Å². The minimum absolute atomic E-state index is 0.386. The number of nitrogens with zero attached hydrogens (tertiary/aromatic N) is 1. The number of benzene rings is 1. The zero-order chi connectivity index (χ0) is 17.0. The van der Waals surface area contributed by atoms with E-state index in [2.05, 4.69) is 29.2 Å². The van der Waals surface area contributed by atoms with E-state index in [1.165, 1.54) is 37.9 Å². The molecule has 1 aliphatic rings. The van der Waals surface area contributed by atoms with Crippen LogP contribution in [0.5, 0.6) is 5.75 Å². The van der Waals surface area contributed by atoms with Crippen LogP contribution in [-0.2, 0) is 11.3 Å². The lowest BCUT2D eigenvalue weighted by Gasteiger charge is -2.26. The summed E-state index contributed by atoms with van der Waals surface area (Å²) in [6, 6.07) is 8.55. The fourth-order valence-corrected chi connectivity index (χ4v) is 3.14. The molecule has 0 spiro atoms. The molecule has 0 aromatic heterocycles. The van der Waals surface area contributed by atoms with Crippen LogP contribution >= 0.6 is 0 Å². The van der Waals surface area contributed by atoms with E-state index < -0.39 is 0 Å². The average molecular weight is 332 g/mol. The molecule has 0 atom stereocenters. The Kier molecular flexibility index (Phi) is 8.67. The van der Waals surface area contributed by atoms with Crippen LogP contribution in [-0.4, -0.2) is 37.6 Å². The van der Waals surface area contributed by atoms with E-state index in [0.29, 0.717) is 5.90 Å². The summed E-state index contributed by atoms with van der Waals surface area (Å²) in [6.45, 7) is 4.27. The van der Waals surface area contributed by atoms with Crippen molar-refractivity contribution in [2.24, 2.45) is 0 Å². The number of nitrogens with one attached hydrogen (secondary N) is 1. The molecule has 0 bridgehead atoms. The van der Waals surface area contributed by atoms with Gasteiger partial charge in [0.1, 0.15) is 5.75 Å². The zero-order valence-corrected chi connectivity index (χ0v) is 15.1. The summed E-state index contributed by atoms with van der Waals surface area (Å²) < 4.78 is 10.8. The van der Waals surface area contributed by atoms with Crippen LogP contribution in [0, 0.1) is 5.41 Å². The molecule has 0 radical (unpaired) electrons. The third-order valence-electron chi connectivity index (χ3n) is 4.57. The average Bonchev–Trinajstić information content (AvgIpc) is 2.62. The molecule has 0 unspecified atom stereocenters. The first-order valence-corrected chi connectivity index (χ1v) is 9.33. The quantitative estimate of drug-likeness (QED) is 0.386. The third kappa shape index (κ3) is 7.35. The maximum atomic E-state index is 7.43. The number of ether oxygens (including phenoxy) is 2. The van der Waals surface area contributed by atoms with Crippen molar-refractivity contribution >= 4 is 5.90 Å². The highest BCUT2D eigenvalue weighted by Gasteiger charge is 2.10. The number of rotatable bonds is 10. The van der Waals surface area contributed by atoms with Crippen LogP contribution in [0.25, 0.3) is 0 Å². The Balaban J connectivity index is 1.60. The van der Waals surface area contributed by atoms with Crippen LogP contribution in [0.2, 0.25) is 0 Å². The topological polar surface area (TPSA) is 45.6 Å². The third-order valence-corrected chi connectivity index (χ3v) is 4.57. The lowest BCUT2D eigenvalue weighted by Crippen LogP contribution is -2.29. The molecule has 1 aromatic carbocycles. The highest BCUT2D eigenvalue weighted by molar-refractivity contribution is 5.72. The molecule has 4 heteroatoms. The molecule has 1 N–H and O–H groups in total. The van der Waals surface area contributed by atoms with Crippen LogP contribution in [0.4, 0.5) is 0 Å². The summed E-state index contributed by atoms with van der Waals surface area (Å²) in [5.41, 5.74) is 1.35. The molecule has 24 heavy (non-hydrogen) atoms. The number of likely N-dealkylation sites (tertiary alicyclic amines) is 1. The maximum Gasteiger partial charge on any atom is 0.180 e. The van der Waals surface area contributed by atoms with Gasteiger partial charge in [-0.05, 0) is 56.5 Å². The molecule has 1 fully saturated rings. The normalized spacial score (nSPS) is 15.2. The monoisotopic (exact) mass is 332 g/mol. The first-order valence-electron chi connectivity index (χ1n) is 9.33. The standard InChI is InChI=1S/C20H32N2O2/c1-23-20(21)12-5-2-3-8-15-24-19-11-9-10-18(16-19)17-22-13-6-4-7-14-22/h9-11,16,21H,2-8,12-15,17H2,1H3. The number of hydrogen-bond acceptors (Lipinski definition) is 4. The zero-order valence-electron chi connectivity index (χ0n) is 15.1. The number of methoxy groups -OCH3 is 1. The highest BCUT2D eigenvalue weighted by atomic mass is 16.5. The van der Waals surface area contributed by atoms with E-state index in [4.69, 9.17) is 14.9 Å². The van der Waals surface area contributed by atoms with Gasteiger partial charge in [-0.1, -0.05) is 31.4 Å².